The molecule has 0 bridgehead atoms. The van der Waals surface area contributed by atoms with Crippen LogP contribution in [0.2, 0.25) is 0 Å². The van der Waals surface area contributed by atoms with Gasteiger partial charge in [0.05, 0.1) is 13.2 Å². The van der Waals surface area contributed by atoms with E-state index in [-0.39, 0.29) is 11.2 Å². The van der Waals surface area contributed by atoms with Crippen molar-refractivity contribution in [1.82, 2.24) is 0 Å². The van der Waals surface area contributed by atoms with Gasteiger partial charge in [-0.25, -0.2) is 0 Å². The van der Waals surface area contributed by atoms with Crippen LogP contribution in [-0.2, 0) is 9.47 Å². The van der Waals surface area contributed by atoms with E-state index in [4.69, 9.17) is 9.47 Å². The van der Waals surface area contributed by atoms with Gasteiger partial charge in [-0.05, 0) is 19.8 Å². The number of hydrogen-bond acceptors (Lipinski definition) is 2. The molecule has 0 atom stereocenters. The summed E-state index contributed by atoms with van der Waals surface area (Å²) in [6, 6.07) is 0. The molecule has 1 rings (SSSR count). The Hall–Kier alpha value is -0.0800. The molecule has 0 radical (unpaired) electrons. The van der Waals surface area contributed by atoms with E-state index in [0.717, 1.165) is 32.5 Å². The fourth-order valence-electron chi connectivity index (χ4n) is 2.37. The fraction of sp³-hybridized carbons (Fsp3) is 1.00. The Bertz CT molecular complexity index is 193. The third kappa shape index (κ3) is 3.46. The Morgan fingerprint density at radius 2 is 1.56 bits per heavy atom. The normalized spacial score (nSPS) is 35.2. The van der Waals surface area contributed by atoms with Crippen molar-refractivity contribution in [3.63, 3.8) is 0 Å². The first-order chi connectivity index (χ1) is 7.60. The van der Waals surface area contributed by atoms with Gasteiger partial charge in [-0.15, -0.1) is 0 Å². The standard InChI is InChI=1S/C14H28O2/c1-5-8-10-14(7-3)11-15-13(4,9-6-2)16-12-14/h5-12H2,1-4H3. The summed E-state index contributed by atoms with van der Waals surface area (Å²) < 4.78 is 12.0. The minimum atomic E-state index is -0.320. The van der Waals surface area contributed by atoms with Gasteiger partial charge in [0.15, 0.2) is 5.79 Å². The summed E-state index contributed by atoms with van der Waals surface area (Å²) in [6.45, 7) is 10.5. The molecule has 1 fully saturated rings. The van der Waals surface area contributed by atoms with Crippen LogP contribution in [0.25, 0.3) is 0 Å². The lowest BCUT2D eigenvalue weighted by Crippen LogP contribution is -2.47. The largest absolute Gasteiger partial charge is 0.350 e. The van der Waals surface area contributed by atoms with Gasteiger partial charge in [0.1, 0.15) is 0 Å². The van der Waals surface area contributed by atoms with Crippen LogP contribution in [0, 0.1) is 5.41 Å². The maximum absolute atomic E-state index is 5.99. The molecule has 2 nitrogen and oxygen atoms in total. The van der Waals surface area contributed by atoms with Crippen LogP contribution >= 0.6 is 0 Å². The molecule has 1 saturated heterocycles. The highest BCUT2D eigenvalue weighted by Gasteiger charge is 2.40. The molecule has 2 heteroatoms. The van der Waals surface area contributed by atoms with Crippen LogP contribution in [0.5, 0.6) is 0 Å². The summed E-state index contributed by atoms with van der Waals surface area (Å²) in [5.74, 6) is -0.320. The van der Waals surface area contributed by atoms with E-state index < -0.39 is 0 Å². The molecule has 16 heavy (non-hydrogen) atoms. The van der Waals surface area contributed by atoms with Crippen molar-refractivity contribution < 1.29 is 9.47 Å². The second kappa shape index (κ2) is 6.02. The van der Waals surface area contributed by atoms with Crippen LogP contribution in [-0.4, -0.2) is 19.0 Å². The van der Waals surface area contributed by atoms with Crippen LogP contribution in [0.3, 0.4) is 0 Å². The van der Waals surface area contributed by atoms with E-state index in [2.05, 4.69) is 27.7 Å². The molecular formula is C14H28O2. The van der Waals surface area contributed by atoms with Gasteiger partial charge in [-0.1, -0.05) is 40.0 Å². The predicted octanol–water partition coefficient (Wildman–Crippen LogP) is 4.14. The highest BCUT2D eigenvalue weighted by Crippen LogP contribution is 2.38. The summed E-state index contributed by atoms with van der Waals surface area (Å²) in [5, 5.41) is 0. The van der Waals surface area contributed by atoms with E-state index in [1.165, 1.54) is 19.3 Å². The molecule has 1 aliphatic heterocycles. The Kier molecular flexibility index (Phi) is 5.26. The van der Waals surface area contributed by atoms with Crippen LogP contribution in [0.4, 0.5) is 0 Å². The van der Waals surface area contributed by atoms with Gasteiger partial charge >= 0.3 is 0 Å². The predicted molar refractivity (Wildman–Crippen MR) is 67.5 cm³/mol. The molecule has 1 aliphatic rings. The van der Waals surface area contributed by atoms with Gasteiger partial charge in [-0.3, -0.25) is 0 Å². The second-order valence-electron chi connectivity index (χ2n) is 5.42. The summed E-state index contributed by atoms with van der Waals surface area (Å²) in [7, 11) is 0. The molecule has 0 spiro atoms. The van der Waals surface area contributed by atoms with E-state index >= 15 is 0 Å². The molecule has 0 aliphatic carbocycles. The summed E-state index contributed by atoms with van der Waals surface area (Å²) in [6.07, 6.45) is 7.06. The summed E-state index contributed by atoms with van der Waals surface area (Å²) in [4.78, 5) is 0. The molecule has 0 aromatic carbocycles. The first kappa shape index (κ1) is 14.0. The minimum Gasteiger partial charge on any atom is -0.350 e. The number of rotatable bonds is 6. The highest BCUT2D eigenvalue weighted by atomic mass is 16.7. The van der Waals surface area contributed by atoms with E-state index in [0.29, 0.717) is 0 Å². The average molecular weight is 228 g/mol. The molecule has 0 aromatic heterocycles. The lowest BCUT2D eigenvalue weighted by atomic mass is 9.81. The summed E-state index contributed by atoms with van der Waals surface area (Å²) >= 11 is 0. The maximum atomic E-state index is 5.99. The zero-order valence-corrected chi connectivity index (χ0v) is 11.5. The van der Waals surface area contributed by atoms with E-state index in [1.54, 1.807) is 0 Å². The van der Waals surface area contributed by atoms with Crippen molar-refractivity contribution in [2.75, 3.05) is 13.2 Å². The van der Waals surface area contributed by atoms with Gasteiger partial charge in [0, 0.05) is 11.8 Å². The van der Waals surface area contributed by atoms with Crippen molar-refractivity contribution in [2.45, 2.75) is 72.0 Å². The molecule has 0 saturated carbocycles. The minimum absolute atomic E-state index is 0.281. The van der Waals surface area contributed by atoms with E-state index in [9.17, 15) is 0 Å². The SMILES string of the molecule is CCCCC1(CC)COC(C)(CCC)OC1. The molecule has 1 heterocycles. The first-order valence-corrected chi connectivity index (χ1v) is 6.87. The molecule has 0 amide bonds. The lowest BCUT2D eigenvalue weighted by Gasteiger charge is -2.44. The van der Waals surface area contributed by atoms with Gasteiger partial charge in [0.25, 0.3) is 0 Å². The third-order valence-corrected chi connectivity index (χ3v) is 3.88. The maximum Gasteiger partial charge on any atom is 0.165 e. The van der Waals surface area contributed by atoms with Crippen LogP contribution in [0.1, 0.15) is 66.2 Å². The molecule has 0 unspecified atom stereocenters. The Balaban J connectivity index is 2.49. The van der Waals surface area contributed by atoms with Crippen LogP contribution < -0.4 is 0 Å². The number of hydrogen-bond donors (Lipinski definition) is 0. The molecule has 96 valence electrons. The molecular weight excluding hydrogens is 200 g/mol. The Morgan fingerprint density at radius 3 is 2.00 bits per heavy atom. The zero-order chi connectivity index (χ0) is 12.1. The van der Waals surface area contributed by atoms with Crippen molar-refractivity contribution in [1.29, 1.82) is 0 Å². The van der Waals surface area contributed by atoms with E-state index in [1.807, 2.05) is 0 Å². The fourth-order valence-corrected chi connectivity index (χ4v) is 2.37. The molecule has 0 aromatic rings. The Morgan fingerprint density at radius 1 is 0.938 bits per heavy atom. The summed E-state index contributed by atoms with van der Waals surface area (Å²) in [5.41, 5.74) is 0.281. The van der Waals surface area contributed by atoms with Crippen molar-refractivity contribution >= 4 is 0 Å². The van der Waals surface area contributed by atoms with Crippen molar-refractivity contribution in [2.24, 2.45) is 5.41 Å². The van der Waals surface area contributed by atoms with Crippen LogP contribution in [0.15, 0.2) is 0 Å². The van der Waals surface area contributed by atoms with Crippen molar-refractivity contribution in [3.05, 3.63) is 0 Å². The third-order valence-electron chi connectivity index (χ3n) is 3.88. The van der Waals surface area contributed by atoms with Gasteiger partial charge < -0.3 is 9.47 Å². The zero-order valence-electron chi connectivity index (χ0n) is 11.5. The highest BCUT2D eigenvalue weighted by molar-refractivity contribution is 4.83. The quantitative estimate of drug-likeness (QED) is 0.680. The van der Waals surface area contributed by atoms with Gasteiger partial charge in [0.2, 0.25) is 0 Å². The second-order valence-corrected chi connectivity index (χ2v) is 5.42. The topological polar surface area (TPSA) is 18.5 Å². The lowest BCUT2D eigenvalue weighted by molar-refractivity contribution is -0.299. The monoisotopic (exact) mass is 228 g/mol. The van der Waals surface area contributed by atoms with Gasteiger partial charge in [-0.2, -0.15) is 0 Å². The van der Waals surface area contributed by atoms with Crippen molar-refractivity contribution in [3.8, 4) is 0 Å². The molecule has 0 N–H and O–H groups in total. The first-order valence-electron chi connectivity index (χ1n) is 6.87. The Labute approximate surface area is 101 Å². The average Bonchev–Trinajstić information content (AvgIpc) is 2.30. The number of unbranched alkanes of at least 4 members (excludes halogenated alkanes) is 1. The number of ether oxygens (including phenoxy) is 2. The smallest absolute Gasteiger partial charge is 0.165 e.